The summed E-state index contributed by atoms with van der Waals surface area (Å²) in [4.78, 5) is 13.4. The number of halogens is 1. The highest BCUT2D eigenvalue weighted by molar-refractivity contribution is 6.30. The molecular weight excluding hydrogens is 258 g/mol. The fourth-order valence-electron chi connectivity index (χ4n) is 1.51. The van der Waals surface area contributed by atoms with E-state index < -0.39 is 0 Å². The monoisotopic (exact) mass is 269 g/mol. The SMILES string of the molecule is CN(C(=O)C#Cc1ccccc1)c1ccc(Cl)cc1. The molecule has 0 heterocycles. The topological polar surface area (TPSA) is 20.3 Å². The first-order chi connectivity index (χ1) is 9.16. The van der Waals surface area contributed by atoms with Crippen LogP contribution in [-0.4, -0.2) is 13.0 Å². The van der Waals surface area contributed by atoms with Crippen LogP contribution in [0, 0.1) is 11.8 Å². The van der Waals surface area contributed by atoms with Gasteiger partial charge in [0.15, 0.2) is 0 Å². The maximum Gasteiger partial charge on any atom is 0.302 e. The Morgan fingerprint density at radius 2 is 1.68 bits per heavy atom. The molecule has 0 aromatic heterocycles. The van der Waals surface area contributed by atoms with Crippen LogP contribution in [-0.2, 0) is 4.79 Å². The Morgan fingerprint density at radius 1 is 1.05 bits per heavy atom. The highest BCUT2D eigenvalue weighted by Crippen LogP contribution is 2.16. The van der Waals surface area contributed by atoms with Crippen molar-refractivity contribution in [3.05, 3.63) is 65.2 Å². The van der Waals surface area contributed by atoms with Crippen LogP contribution in [0.5, 0.6) is 0 Å². The lowest BCUT2D eigenvalue weighted by molar-refractivity contribution is -0.113. The van der Waals surface area contributed by atoms with E-state index in [-0.39, 0.29) is 5.91 Å². The van der Waals surface area contributed by atoms with Crippen LogP contribution < -0.4 is 4.90 Å². The average Bonchev–Trinajstić information content (AvgIpc) is 2.46. The molecule has 94 valence electrons. The Morgan fingerprint density at radius 3 is 2.32 bits per heavy atom. The number of hydrogen-bond donors (Lipinski definition) is 0. The molecule has 0 fully saturated rings. The molecule has 1 amide bonds. The lowest BCUT2D eigenvalue weighted by atomic mass is 10.2. The first-order valence-electron chi connectivity index (χ1n) is 5.77. The second-order valence-electron chi connectivity index (χ2n) is 3.96. The van der Waals surface area contributed by atoms with Gasteiger partial charge in [-0.1, -0.05) is 35.7 Å². The van der Waals surface area contributed by atoms with Gasteiger partial charge in [-0.15, -0.1) is 0 Å². The summed E-state index contributed by atoms with van der Waals surface area (Å²) in [6.07, 6.45) is 0. The van der Waals surface area contributed by atoms with E-state index in [9.17, 15) is 4.79 Å². The van der Waals surface area contributed by atoms with E-state index in [1.807, 2.05) is 30.3 Å². The van der Waals surface area contributed by atoms with Crippen LogP contribution in [0.15, 0.2) is 54.6 Å². The number of benzene rings is 2. The summed E-state index contributed by atoms with van der Waals surface area (Å²) in [5.41, 5.74) is 1.58. The van der Waals surface area contributed by atoms with Gasteiger partial charge in [0, 0.05) is 29.2 Å². The molecular formula is C16H12ClNO. The number of carbonyl (C=O) groups is 1. The number of amides is 1. The molecule has 0 bridgehead atoms. The molecule has 0 atom stereocenters. The zero-order chi connectivity index (χ0) is 13.7. The summed E-state index contributed by atoms with van der Waals surface area (Å²) in [6.45, 7) is 0. The maximum absolute atomic E-state index is 11.9. The first kappa shape index (κ1) is 13.2. The van der Waals surface area contributed by atoms with Gasteiger partial charge in [0.1, 0.15) is 0 Å². The molecule has 0 radical (unpaired) electrons. The van der Waals surface area contributed by atoms with Gasteiger partial charge in [0.25, 0.3) is 0 Å². The zero-order valence-electron chi connectivity index (χ0n) is 10.4. The van der Waals surface area contributed by atoms with Crippen molar-refractivity contribution in [3.8, 4) is 11.8 Å². The fourth-order valence-corrected chi connectivity index (χ4v) is 1.64. The molecule has 0 aliphatic carbocycles. The van der Waals surface area contributed by atoms with E-state index in [1.54, 1.807) is 31.3 Å². The van der Waals surface area contributed by atoms with Gasteiger partial charge < -0.3 is 4.90 Å². The minimum atomic E-state index is -0.258. The molecule has 0 unspecified atom stereocenters. The van der Waals surface area contributed by atoms with E-state index in [2.05, 4.69) is 11.8 Å². The molecule has 3 heteroatoms. The third-order valence-electron chi connectivity index (χ3n) is 2.61. The first-order valence-corrected chi connectivity index (χ1v) is 6.15. The van der Waals surface area contributed by atoms with Crippen molar-refractivity contribution in [1.29, 1.82) is 0 Å². The van der Waals surface area contributed by atoms with Crippen LogP contribution in [0.25, 0.3) is 0 Å². The van der Waals surface area contributed by atoms with Crippen molar-refractivity contribution in [1.82, 2.24) is 0 Å². The fraction of sp³-hybridized carbons (Fsp3) is 0.0625. The largest absolute Gasteiger partial charge is 0.305 e. The standard InChI is InChI=1S/C16H12ClNO/c1-18(15-10-8-14(17)9-11-15)16(19)12-7-13-5-3-2-4-6-13/h2-6,8-11H,1H3. The smallest absolute Gasteiger partial charge is 0.302 e. The van der Waals surface area contributed by atoms with E-state index >= 15 is 0 Å². The van der Waals surface area contributed by atoms with Gasteiger partial charge in [-0.3, -0.25) is 4.79 Å². The normalized spacial score (nSPS) is 9.37. The summed E-state index contributed by atoms with van der Waals surface area (Å²) in [7, 11) is 1.69. The summed E-state index contributed by atoms with van der Waals surface area (Å²) >= 11 is 5.81. The van der Waals surface area contributed by atoms with Crippen molar-refractivity contribution in [2.75, 3.05) is 11.9 Å². The van der Waals surface area contributed by atoms with Crippen LogP contribution in [0.3, 0.4) is 0 Å². The van der Waals surface area contributed by atoms with Crippen molar-refractivity contribution in [3.63, 3.8) is 0 Å². The minimum Gasteiger partial charge on any atom is -0.305 e. The molecule has 0 spiro atoms. The number of hydrogen-bond acceptors (Lipinski definition) is 1. The molecule has 2 rings (SSSR count). The highest BCUT2D eigenvalue weighted by Gasteiger charge is 2.07. The van der Waals surface area contributed by atoms with Crippen molar-refractivity contribution in [2.24, 2.45) is 0 Å². The second kappa shape index (κ2) is 6.08. The lowest BCUT2D eigenvalue weighted by Gasteiger charge is -2.13. The molecule has 2 nitrogen and oxygen atoms in total. The summed E-state index contributed by atoms with van der Waals surface area (Å²) in [6, 6.07) is 16.5. The van der Waals surface area contributed by atoms with Gasteiger partial charge in [0.2, 0.25) is 0 Å². The summed E-state index contributed by atoms with van der Waals surface area (Å²) in [5, 5.41) is 0.639. The molecule has 0 N–H and O–H groups in total. The number of rotatable bonds is 1. The van der Waals surface area contributed by atoms with E-state index in [1.165, 1.54) is 4.90 Å². The quantitative estimate of drug-likeness (QED) is 0.727. The van der Waals surface area contributed by atoms with Crippen LogP contribution in [0.1, 0.15) is 5.56 Å². The van der Waals surface area contributed by atoms with Crippen LogP contribution in [0.2, 0.25) is 5.02 Å². The zero-order valence-corrected chi connectivity index (χ0v) is 11.2. The molecule has 0 aliphatic heterocycles. The van der Waals surface area contributed by atoms with Crippen LogP contribution in [0.4, 0.5) is 5.69 Å². The molecule has 0 saturated heterocycles. The molecule has 0 saturated carbocycles. The Bertz CT molecular complexity index is 623. The van der Waals surface area contributed by atoms with Gasteiger partial charge in [-0.25, -0.2) is 0 Å². The predicted molar refractivity (Wildman–Crippen MR) is 78.2 cm³/mol. The Hall–Kier alpha value is -2.24. The molecule has 19 heavy (non-hydrogen) atoms. The minimum absolute atomic E-state index is 0.258. The van der Waals surface area contributed by atoms with Gasteiger partial charge in [-0.2, -0.15) is 0 Å². The van der Waals surface area contributed by atoms with Gasteiger partial charge >= 0.3 is 5.91 Å². The van der Waals surface area contributed by atoms with Gasteiger partial charge in [-0.05, 0) is 36.4 Å². The van der Waals surface area contributed by atoms with Gasteiger partial charge in [0.05, 0.1) is 0 Å². The van der Waals surface area contributed by atoms with Crippen molar-refractivity contribution in [2.45, 2.75) is 0 Å². The second-order valence-corrected chi connectivity index (χ2v) is 4.39. The van der Waals surface area contributed by atoms with Crippen LogP contribution >= 0.6 is 11.6 Å². The molecule has 2 aromatic rings. The Kier molecular flexibility index (Phi) is 4.22. The molecule has 2 aromatic carbocycles. The Balaban J connectivity index is 2.12. The lowest BCUT2D eigenvalue weighted by Crippen LogP contribution is -2.24. The Labute approximate surface area is 117 Å². The van der Waals surface area contributed by atoms with Crippen molar-refractivity contribution < 1.29 is 4.79 Å². The predicted octanol–water partition coefficient (Wildman–Crippen LogP) is 3.35. The third-order valence-corrected chi connectivity index (χ3v) is 2.86. The average molecular weight is 270 g/mol. The van der Waals surface area contributed by atoms with E-state index in [0.29, 0.717) is 5.02 Å². The van der Waals surface area contributed by atoms with E-state index in [0.717, 1.165) is 11.3 Å². The number of anilines is 1. The summed E-state index contributed by atoms with van der Waals surface area (Å²) < 4.78 is 0. The maximum atomic E-state index is 11.9. The summed E-state index contributed by atoms with van der Waals surface area (Å²) in [5.74, 6) is 5.20. The van der Waals surface area contributed by atoms with E-state index in [4.69, 9.17) is 11.6 Å². The number of nitrogens with zero attached hydrogens (tertiary/aromatic N) is 1. The third kappa shape index (κ3) is 3.61. The highest BCUT2D eigenvalue weighted by atomic mass is 35.5. The van der Waals surface area contributed by atoms with Crippen molar-refractivity contribution >= 4 is 23.2 Å². The molecule has 0 aliphatic rings. The number of carbonyl (C=O) groups excluding carboxylic acids is 1.